The summed E-state index contributed by atoms with van der Waals surface area (Å²) in [6, 6.07) is 1.46. The van der Waals surface area contributed by atoms with Gasteiger partial charge in [0.15, 0.2) is 0 Å². The Morgan fingerprint density at radius 1 is 1.45 bits per heavy atom. The monoisotopic (exact) mass is 363 g/mol. The zero-order valence-electron chi connectivity index (χ0n) is 11.2. The fourth-order valence-electron chi connectivity index (χ4n) is 2.26. The van der Waals surface area contributed by atoms with Crippen molar-refractivity contribution in [2.24, 2.45) is 0 Å². The first-order valence-corrected chi connectivity index (χ1v) is 8.59. The molecule has 112 valence electrons. The van der Waals surface area contributed by atoms with Crippen LogP contribution in [0.3, 0.4) is 0 Å². The first-order chi connectivity index (χ1) is 9.22. The van der Waals surface area contributed by atoms with Crippen LogP contribution < -0.4 is 5.73 Å². The molecule has 0 saturated carbocycles. The average molecular weight is 364 g/mol. The summed E-state index contributed by atoms with van der Waals surface area (Å²) in [6.45, 7) is 2.39. The van der Waals surface area contributed by atoms with Gasteiger partial charge in [-0.15, -0.1) is 0 Å². The zero-order valence-corrected chi connectivity index (χ0v) is 13.6. The van der Waals surface area contributed by atoms with E-state index in [1.165, 1.54) is 16.6 Å². The van der Waals surface area contributed by atoms with E-state index in [1.54, 1.807) is 6.92 Å². The molecule has 1 fully saturated rings. The molecule has 20 heavy (non-hydrogen) atoms. The predicted octanol–water partition coefficient (Wildman–Crippen LogP) is 1.35. The molecule has 8 heteroatoms. The summed E-state index contributed by atoms with van der Waals surface area (Å²) in [7, 11) is -3.68. The third-order valence-corrected chi connectivity index (χ3v) is 5.85. The van der Waals surface area contributed by atoms with Crippen molar-refractivity contribution in [2.75, 3.05) is 18.8 Å². The van der Waals surface area contributed by atoms with Crippen LogP contribution in [0.5, 0.6) is 0 Å². The lowest BCUT2D eigenvalue weighted by atomic mass is 9.98. The first kappa shape index (κ1) is 15.7. The van der Waals surface area contributed by atoms with Crippen LogP contribution in [-0.2, 0) is 10.0 Å². The van der Waals surface area contributed by atoms with E-state index in [0.717, 1.165) is 0 Å². The fraction of sp³-hybridized carbons (Fsp3) is 0.583. The van der Waals surface area contributed by atoms with Gasteiger partial charge < -0.3 is 10.8 Å². The lowest BCUT2D eigenvalue weighted by molar-refractivity contribution is 0.0465. The number of sulfonamides is 1. The smallest absolute Gasteiger partial charge is 0.246 e. The molecule has 2 heterocycles. The van der Waals surface area contributed by atoms with Gasteiger partial charge in [0.1, 0.15) is 10.7 Å². The van der Waals surface area contributed by atoms with Crippen molar-refractivity contribution in [1.82, 2.24) is 9.29 Å². The minimum atomic E-state index is -3.68. The fourth-order valence-corrected chi connectivity index (χ4v) is 4.31. The van der Waals surface area contributed by atoms with Gasteiger partial charge in [0.05, 0.1) is 5.60 Å². The van der Waals surface area contributed by atoms with Gasteiger partial charge in [-0.1, -0.05) is 0 Å². The van der Waals surface area contributed by atoms with Crippen LogP contribution in [-0.4, -0.2) is 41.5 Å². The highest BCUT2D eigenvalue weighted by molar-refractivity contribution is 9.10. The summed E-state index contributed by atoms with van der Waals surface area (Å²) in [5, 5.41) is 10.0. The van der Waals surface area contributed by atoms with E-state index in [1.807, 2.05) is 0 Å². The van der Waals surface area contributed by atoms with Crippen LogP contribution in [0.2, 0.25) is 0 Å². The van der Waals surface area contributed by atoms with Crippen molar-refractivity contribution in [3.05, 3.63) is 16.7 Å². The highest BCUT2D eigenvalue weighted by Gasteiger charge is 2.32. The number of hydrogen-bond donors (Lipinski definition) is 2. The van der Waals surface area contributed by atoms with E-state index in [-0.39, 0.29) is 17.3 Å². The number of pyridine rings is 1. The summed E-state index contributed by atoms with van der Waals surface area (Å²) in [4.78, 5) is 3.88. The molecular weight excluding hydrogens is 346 g/mol. The molecule has 1 aliphatic heterocycles. The Bertz CT molecular complexity index is 604. The van der Waals surface area contributed by atoms with Crippen molar-refractivity contribution in [1.29, 1.82) is 0 Å². The Labute approximate surface area is 127 Å². The molecule has 2 rings (SSSR count). The topological polar surface area (TPSA) is 96.5 Å². The molecule has 0 aliphatic carbocycles. The van der Waals surface area contributed by atoms with Crippen LogP contribution in [0.1, 0.15) is 26.2 Å². The standard InChI is InChI=1S/C12H18BrN3O3S/c1-12(17)3-2-5-16(6-4-12)20(18,19)10-7-9(13)8-15-11(10)14/h7-8,17H,2-6H2,1H3,(H2,14,15). The van der Waals surface area contributed by atoms with E-state index in [0.29, 0.717) is 30.3 Å². The summed E-state index contributed by atoms with van der Waals surface area (Å²) in [5.41, 5.74) is 4.87. The van der Waals surface area contributed by atoms with E-state index in [9.17, 15) is 13.5 Å². The number of anilines is 1. The third-order valence-electron chi connectivity index (χ3n) is 3.49. The summed E-state index contributed by atoms with van der Waals surface area (Å²) >= 11 is 3.21. The summed E-state index contributed by atoms with van der Waals surface area (Å²) in [5.74, 6) is -0.00999. The number of halogens is 1. The second kappa shape index (κ2) is 5.59. The number of aliphatic hydroxyl groups is 1. The first-order valence-electron chi connectivity index (χ1n) is 6.36. The number of nitrogens with zero attached hydrogens (tertiary/aromatic N) is 2. The third kappa shape index (κ3) is 3.30. The maximum atomic E-state index is 12.6. The molecule has 1 saturated heterocycles. The molecule has 1 unspecified atom stereocenters. The molecule has 0 spiro atoms. The number of rotatable bonds is 2. The highest BCUT2D eigenvalue weighted by atomic mass is 79.9. The second-order valence-corrected chi connectivity index (χ2v) is 8.11. The van der Waals surface area contributed by atoms with Gasteiger partial charge in [-0.3, -0.25) is 0 Å². The van der Waals surface area contributed by atoms with Crippen LogP contribution >= 0.6 is 15.9 Å². The summed E-state index contributed by atoms with van der Waals surface area (Å²) < 4.78 is 27.2. The molecular formula is C12H18BrN3O3S. The van der Waals surface area contributed by atoms with Gasteiger partial charge in [-0.25, -0.2) is 13.4 Å². The molecule has 3 N–H and O–H groups in total. The van der Waals surface area contributed by atoms with Gasteiger partial charge in [-0.2, -0.15) is 4.31 Å². The Balaban J connectivity index is 2.33. The van der Waals surface area contributed by atoms with Crippen molar-refractivity contribution >= 4 is 31.8 Å². The molecule has 0 radical (unpaired) electrons. The van der Waals surface area contributed by atoms with E-state index in [4.69, 9.17) is 5.73 Å². The minimum absolute atomic E-state index is 0.00779. The Kier molecular flexibility index (Phi) is 4.38. The van der Waals surface area contributed by atoms with Gasteiger partial charge in [0.2, 0.25) is 10.0 Å². The van der Waals surface area contributed by atoms with Crippen molar-refractivity contribution in [3.63, 3.8) is 0 Å². The Morgan fingerprint density at radius 2 is 2.15 bits per heavy atom. The minimum Gasteiger partial charge on any atom is -0.390 e. The average Bonchev–Trinajstić information content (AvgIpc) is 2.53. The summed E-state index contributed by atoms with van der Waals surface area (Å²) in [6.07, 6.45) is 3.08. The molecule has 1 atom stereocenters. The molecule has 1 aromatic heterocycles. The number of aromatic nitrogens is 1. The normalized spacial score (nSPS) is 25.4. The maximum Gasteiger partial charge on any atom is 0.246 e. The van der Waals surface area contributed by atoms with Crippen molar-refractivity contribution in [3.8, 4) is 0 Å². The van der Waals surface area contributed by atoms with Gasteiger partial charge >= 0.3 is 0 Å². The van der Waals surface area contributed by atoms with Gasteiger partial charge in [-0.05, 0) is 48.2 Å². The lowest BCUT2D eigenvalue weighted by Gasteiger charge is -2.22. The van der Waals surface area contributed by atoms with Crippen LogP contribution in [0, 0.1) is 0 Å². The number of hydrogen-bond acceptors (Lipinski definition) is 5. The zero-order chi connectivity index (χ0) is 15.0. The van der Waals surface area contributed by atoms with Gasteiger partial charge in [0.25, 0.3) is 0 Å². The van der Waals surface area contributed by atoms with Crippen molar-refractivity contribution < 1.29 is 13.5 Å². The van der Waals surface area contributed by atoms with Crippen LogP contribution in [0.4, 0.5) is 5.82 Å². The largest absolute Gasteiger partial charge is 0.390 e. The molecule has 0 amide bonds. The molecule has 1 aromatic rings. The van der Waals surface area contributed by atoms with E-state index < -0.39 is 15.6 Å². The molecule has 1 aliphatic rings. The molecule has 6 nitrogen and oxygen atoms in total. The molecule has 0 bridgehead atoms. The second-order valence-electron chi connectivity index (χ2n) is 5.29. The van der Waals surface area contributed by atoms with Crippen LogP contribution in [0.15, 0.2) is 21.6 Å². The van der Waals surface area contributed by atoms with E-state index in [2.05, 4.69) is 20.9 Å². The van der Waals surface area contributed by atoms with Gasteiger partial charge in [0, 0.05) is 23.8 Å². The SMILES string of the molecule is CC1(O)CCCN(S(=O)(=O)c2cc(Br)cnc2N)CC1. The molecule has 0 aromatic carbocycles. The predicted molar refractivity (Wildman–Crippen MR) is 79.6 cm³/mol. The quantitative estimate of drug-likeness (QED) is 0.826. The van der Waals surface area contributed by atoms with Crippen LogP contribution in [0.25, 0.3) is 0 Å². The van der Waals surface area contributed by atoms with Crippen molar-refractivity contribution in [2.45, 2.75) is 36.7 Å². The lowest BCUT2D eigenvalue weighted by Crippen LogP contribution is -2.34. The van der Waals surface area contributed by atoms with E-state index >= 15 is 0 Å². The Morgan fingerprint density at radius 3 is 2.85 bits per heavy atom. The Hall–Kier alpha value is -0.700. The number of nitrogens with two attached hydrogens (primary N) is 1. The maximum absolute atomic E-state index is 12.6. The number of nitrogen functional groups attached to an aromatic ring is 1. The highest BCUT2D eigenvalue weighted by Crippen LogP contribution is 2.28.